The Balaban J connectivity index is 2.05. The van der Waals surface area contributed by atoms with E-state index in [1.165, 1.54) is 0 Å². The zero-order chi connectivity index (χ0) is 8.82. The number of rotatable bonds is 0. The summed E-state index contributed by atoms with van der Waals surface area (Å²) in [4.78, 5) is 10.6. The third-order valence-corrected chi connectivity index (χ3v) is 2.35. The maximum Gasteiger partial charge on any atom is 0.262 e. The van der Waals surface area contributed by atoms with Crippen molar-refractivity contribution in [3.8, 4) is 0 Å². The molecular formula is C7H10F2N2O. The molecule has 2 aliphatic rings. The second-order valence-electron chi connectivity index (χ2n) is 3.64. The fraction of sp³-hybridized carbons (Fsp3) is 0.857. The van der Waals surface area contributed by atoms with Gasteiger partial charge in [-0.05, 0) is 0 Å². The van der Waals surface area contributed by atoms with Gasteiger partial charge in [0, 0.05) is 13.0 Å². The number of nitrogens with one attached hydrogen (secondary N) is 2. The second kappa shape index (κ2) is 2.16. The molecule has 3 nitrogen and oxygen atoms in total. The molecule has 2 saturated heterocycles. The summed E-state index contributed by atoms with van der Waals surface area (Å²) in [5.74, 6) is -2.80. The summed E-state index contributed by atoms with van der Waals surface area (Å²) in [6.45, 7) is 0.193. The monoisotopic (exact) mass is 176 g/mol. The zero-order valence-electron chi connectivity index (χ0n) is 6.49. The first-order valence-corrected chi connectivity index (χ1v) is 3.91. The van der Waals surface area contributed by atoms with Crippen molar-refractivity contribution in [1.82, 2.24) is 10.6 Å². The van der Waals surface area contributed by atoms with Gasteiger partial charge in [0.25, 0.3) is 5.92 Å². The highest BCUT2D eigenvalue weighted by atomic mass is 19.3. The highest BCUT2D eigenvalue weighted by molar-refractivity contribution is 5.85. The van der Waals surface area contributed by atoms with Crippen molar-refractivity contribution < 1.29 is 13.6 Å². The summed E-state index contributed by atoms with van der Waals surface area (Å²) < 4.78 is 25.7. The fourth-order valence-corrected chi connectivity index (χ4v) is 1.90. The largest absolute Gasteiger partial charge is 0.349 e. The van der Waals surface area contributed by atoms with Gasteiger partial charge in [0.05, 0.1) is 18.5 Å². The van der Waals surface area contributed by atoms with Gasteiger partial charge in [-0.1, -0.05) is 0 Å². The lowest BCUT2D eigenvalue weighted by Crippen LogP contribution is -2.70. The maximum atomic E-state index is 12.8. The van der Waals surface area contributed by atoms with Crippen molar-refractivity contribution in [2.45, 2.75) is 24.3 Å². The summed E-state index contributed by atoms with van der Waals surface area (Å²) >= 11 is 0. The van der Waals surface area contributed by atoms with Crippen LogP contribution in [0.3, 0.4) is 0 Å². The second-order valence-corrected chi connectivity index (χ2v) is 3.64. The molecule has 5 heteroatoms. The van der Waals surface area contributed by atoms with E-state index in [1.807, 2.05) is 0 Å². The first-order chi connectivity index (χ1) is 5.52. The number of alkyl halides is 2. The van der Waals surface area contributed by atoms with Gasteiger partial charge >= 0.3 is 0 Å². The minimum absolute atomic E-state index is 0.130. The molecule has 1 spiro atoms. The van der Waals surface area contributed by atoms with Gasteiger partial charge in [0.1, 0.15) is 0 Å². The Morgan fingerprint density at radius 2 is 2.00 bits per heavy atom. The lowest BCUT2D eigenvalue weighted by Gasteiger charge is -2.47. The predicted octanol–water partition coefficient (Wildman–Crippen LogP) is -0.126. The Kier molecular flexibility index (Phi) is 1.42. The van der Waals surface area contributed by atoms with Crippen LogP contribution in [-0.4, -0.2) is 30.5 Å². The summed E-state index contributed by atoms with van der Waals surface area (Å²) in [6.07, 6.45) is 0.00826. The van der Waals surface area contributed by atoms with Crippen LogP contribution in [0.4, 0.5) is 8.78 Å². The molecule has 0 radical (unpaired) electrons. The minimum Gasteiger partial charge on any atom is -0.349 e. The molecule has 1 amide bonds. The van der Waals surface area contributed by atoms with Crippen LogP contribution in [0.5, 0.6) is 0 Å². The topological polar surface area (TPSA) is 41.1 Å². The molecule has 0 saturated carbocycles. The quantitative estimate of drug-likeness (QED) is 0.505. The molecule has 2 fully saturated rings. The average molecular weight is 176 g/mol. The van der Waals surface area contributed by atoms with Gasteiger partial charge in [0.2, 0.25) is 5.91 Å². The van der Waals surface area contributed by atoms with E-state index in [-0.39, 0.29) is 25.3 Å². The predicted molar refractivity (Wildman–Crippen MR) is 37.9 cm³/mol. The van der Waals surface area contributed by atoms with Gasteiger partial charge in [0.15, 0.2) is 0 Å². The molecule has 0 aromatic rings. The Bertz CT molecular complexity index is 221. The molecule has 0 aromatic carbocycles. The average Bonchev–Trinajstić information content (AvgIpc) is 1.81. The van der Waals surface area contributed by atoms with Crippen molar-refractivity contribution in [2.75, 3.05) is 13.1 Å². The number of β-lactam (4-membered cyclic amide) rings is 1. The van der Waals surface area contributed by atoms with E-state index in [4.69, 9.17) is 0 Å². The van der Waals surface area contributed by atoms with Crippen LogP contribution in [0, 0.1) is 0 Å². The molecular weight excluding hydrogens is 166 g/mol. The lowest BCUT2D eigenvalue weighted by molar-refractivity contribution is -0.140. The number of amides is 1. The minimum atomic E-state index is -2.67. The first-order valence-electron chi connectivity index (χ1n) is 3.91. The van der Waals surface area contributed by atoms with Crippen LogP contribution >= 0.6 is 0 Å². The first kappa shape index (κ1) is 7.91. The number of halogens is 2. The van der Waals surface area contributed by atoms with Crippen LogP contribution in [0.15, 0.2) is 0 Å². The Morgan fingerprint density at radius 3 is 2.50 bits per heavy atom. The molecule has 0 aromatic heterocycles. The van der Waals surface area contributed by atoms with Gasteiger partial charge in [-0.2, -0.15) is 0 Å². The van der Waals surface area contributed by atoms with Crippen LogP contribution in [0.1, 0.15) is 12.8 Å². The van der Waals surface area contributed by atoms with Gasteiger partial charge in [-0.15, -0.1) is 0 Å². The molecule has 0 aliphatic carbocycles. The smallest absolute Gasteiger partial charge is 0.262 e. The summed E-state index contributed by atoms with van der Waals surface area (Å²) in [7, 11) is 0. The van der Waals surface area contributed by atoms with E-state index < -0.39 is 11.5 Å². The third-order valence-electron chi connectivity index (χ3n) is 2.35. The molecule has 1 unspecified atom stereocenters. The number of carbonyl (C=O) groups excluding carboxylic acids is 1. The SMILES string of the molecule is O=C1CC2(CNCC(F)(F)C2)N1. The van der Waals surface area contributed by atoms with Crippen LogP contribution in [-0.2, 0) is 4.79 Å². The van der Waals surface area contributed by atoms with Crippen molar-refractivity contribution >= 4 is 5.91 Å². The van der Waals surface area contributed by atoms with Crippen molar-refractivity contribution in [3.63, 3.8) is 0 Å². The number of carbonyl (C=O) groups is 1. The summed E-state index contributed by atoms with van der Waals surface area (Å²) in [6, 6.07) is 0. The molecule has 1 atom stereocenters. The summed E-state index contributed by atoms with van der Waals surface area (Å²) in [5, 5.41) is 5.16. The van der Waals surface area contributed by atoms with Gasteiger partial charge in [-0.25, -0.2) is 8.78 Å². The Labute approximate surface area is 68.5 Å². The number of hydrogen-bond donors (Lipinski definition) is 2. The van der Waals surface area contributed by atoms with E-state index in [2.05, 4.69) is 10.6 Å². The van der Waals surface area contributed by atoms with E-state index in [0.29, 0.717) is 6.54 Å². The number of piperidine rings is 1. The van der Waals surface area contributed by atoms with Crippen LogP contribution in [0.2, 0.25) is 0 Å². The Hall–Kier alpha value is -0.710. The lowest BCUT2D eigenvalue weighted by atomic mass is 9.79. The van der Waals surface area contributed by atoms with E-state index in [9.17, 15) is 13.6 Å². The maximum absolute atomic E-state index is 12.8. The molecule has 2 N–H and O–H groups in total. The molecule has 2 aliphatic heterocycles. The van der Waals surface area contributed by atoms with E-state index in [1.54, 1.807) is 0 Å². The van der Waals surface area contributed by atoms with Gasteiger partial charge < -0.3 is 10.6 Å². The highest BCUT2D eigenvalue weighted by Crippen LogP contribution is 2.35. The Morgan fingerprint density at radius 1 is 1.33 bits per heavy atom. The van der Waals surface area contributed by atoms with E-state index in [0.717, 1.165) is 0 Å². The van der Waals surface area contributed by atoms with Crippen LogP contribution in [0.25, 0.3) is 0 Å². The molecule has 2 rings (SSSR count). The highest BCUT2D eigenvalue weighted by Gasteiger charge is 2.52. The summed E-state index contributed by atoms with van der Waals surface area (Å²) in [5.41, 5.74) is -0.654. The fourth-order valence-electron chi connectivity index (χ4n) is 1.90. The molecule has 12 heavy (non-hydrogen) atoms. The molecule has 0 bridgehead atoms. The number of hydrogen-bond acceptors (Lipinski definition) is 2. The van der Waals surface area contributed by atoms with Crippen LogP contribution < -0.4 is 10.6 Å². The third kappa shape index (κ3) is 1.18. The molecule has 2 heterocycles. The normalized spacial score (nSPS) is 39.0. The van der Waals surface area contributed by atoms with Gasteiger partial charge in [-0.3, -0.25) is 4.79 Å². The van der Waals surface area contributed by atoms with Crippen molar-refractivity contribution in [2.24, 2.45) is 0 Å². The van der Waals surface area contributed by atoms with Crippen molar-refractivity contribution in [1.29, 1.82) is 0 Å². The van der Waals surface area contributed by atoms with Crippen molar-refractivity contribution in [3.05, 3.63) is 0 Å². The standard InChI is InChI=1S/C7H10F2N2O/c8-7(9)2-6(3-10-4-7)1-5(12)11-6/h10H,1-4H2,(H,11,12). The van der Waals surface area contributed by atoms with E-state index >= 15 is 0 Å². The zero-order valence-corrected chi connectivity index (χ0v) is 6.49. The molecule has 68 valence electrons.